The highest BCUT2D eigenvalue weighted by Gasteiger charge is 2.03. The smallest absolute Gasteiger partial charge is 0.101 e. The zero-order valence-electron chi connectivity index (χ0n) is 8.43. The first-order valence-corrected chi connectivity index (χ1v) is 6.39. The van der Waals surface area contributed by atoms with Crippen molar-refractivity contribution in [1.29, 1.82) is 0 Å². The number of rotatable bonds is 3. The topological polar surface area (TPSA) is 33.1 Å². The molecule has 4 heteroatoms. The Kier molecular flexibility index (Phi) is 3.98. The highest BCUT2D eigenvalue weighted by atomic mass is 79.9. The number of aliphatic hydroxyl groups is 1. The Hall–Kier alpha value is -0.840. The second-order valence-corrected chi connectivity index (χ2v) is 5.16. The maximum absolute atomic E-state index is 9.20. The van der Waals surface area contributed by atoms with Gasteiger partial charge < -0.3 is 5.11 Å². The van der Waals surface area contributed by atoms with Crippen LogP contribution in [0.5, 0.6) is 0 Å². The maximum atomic E-state index is 9.20. The fraction of sp³-hybridized carbons (Fsp3) is 0.0833. The van der Waals surface area contributed by atoms with Gasteiger partial charge in [-0.2, -0.15) is 0 Å². The Labute approximate surface area is 107 Å². The zero-order valence-corrected chi connectivity index (χ0v) is 10.8. The molecule has 0 radical (unpaired) electrons. The molecule has 0 aliphatic heterocycles. The molecule has 0 aliphatic carbocycles. The second-order valence-electron chi connectivity index (χ2n) is 3.18. The van der Waals surface area contributed by atoms with Gasteiger partial charge in [-0.15, -0.1) is 0 Å². The lowest BCUT2D eigenvalue weighted by Crippen LogP contribution is -1.87. The summed E-state index contributed by atoms with van der Waals surface area (Å²) in [6.07, 6.45) is 1.77. The molecule has 1 N–H and O–H groups in total. The summed E-state index contributed by atoms with van der Waals surface area (Å²) in [6, 6.07) is 11.7. The molecule has 2 aromatic rings. The maximum Gasteiger partial charge on any atom is 0.101 e. The first-order valence-electron chi connectivity index (χ1n) is 4.78. The minimum Gasteiger partial charge on any atom is -0.392 e. The first-order chi connectivity index (χ1) is 7.79. The van der Waals surface area contributed by atoms with Gasteiger partial charge in [0.2, 0.25) is 0 Å². The van der Waals surface area contributed by atoms with Crippen LogP contribution in [0.15, 0.2) is 57.0 Å². The van der Waals surface area contributed by atoms with E-state index in [1.165, 1.54) is 0 Å². The van der Waals surface area contributed by atoms with Gasteiger partial charge >= 0.3 is 0 Å². The molecule has 2 rings (SSSR count). The van der Waals surface area contributed by atoms with E-state index >= 15 is 0 Å². The number of pyridine rings is 1. The van der Waals surface area contributed by atoms with E-state index in [-0.39, 0.29) is 6.61 Å². The van der Waals surface area contributed by atoms with Crippen molar-refractivity contribution in [2.45, 2.75) is 16.5 Å². The third-order valence-electron chi connectivity index (χ3n) is 2.06. The highest BCUT2D eigenvalue weighted by molar-refractivity contribution is 9.10. The van der Waals surface area contributed by atoms with Gasteiger partial charge in [0.05, 0.1) is 6.61 Å². The molecular formula is C12H10BrNOS. The third-order valence-corrected chi connectivity index (χ3v) is 3.60. The molecule has 0 fully saturated rings. The molecule has 0 aliphatic rings. The standard InChI is InChI=1S/C12H10BrNOS/c13-10-5-6-12(14-7-10)16-11-4-2-1-3-9(11)8-15/h1-7,15H,8H2. The predicted octanol–water partition coefficient (Wildman–Crippen LogP) is 3.49. The Morgan fingerprint density at radius 1 is 1.19 bits per heavy atom. The molecule has 1 aromatic heterocycles. The Morgan fingerprint density at radius 3 is 2.69 bits per heavy atom. The van der Waals surface area contributed by atoms with Crippen LogP contribution in [0.1, 0.15) is 5.56 Å². The fourth-order valence-corrected chi connectivity index (χ4v) is 2.38. The highest BCUT2D eigenvalue weighted by Crippen LogP contribution is 2.29. The normalized spacial score (nSPS) is 10.4. The van der Waals surface area contributed by atoms with Crippen molar-refractivity contribution in [3.8, 4) is 0 Å². The van der Waals surface area contributed by atoms with Gasteiger partial charge in [0, 0.05) is 15.6 Å². The molecule has 0 bridgehead atoms. The van der Waals surface area contributed by atoms with Gasteiger partial charge in [-0.25, -0.2) is 4.98 Å². The van der Waals surface area contributed by atoms with E-state index < -0.39 is 0 Å². The number of hydrogen-bond donors (Lipinski definition) is 1. The van der Waals surface area contributed by atoms with E-state index in [0.717, 1.165) is 20.0 Å². The van der Waals surface area contributed by atoms with Crippen LogP contribution < -0.4 is 0 Å². The van der Waals surface area contributed by atoms with Crippen LogP contribution in [0.2, 0.25) is 0 Å². The lowest BCUT2D eigenvalue weighted by molar-refractivity contribution is 0.279. The monoisotopic (exact) mass is 295 g/mol. The molecule has 82 valence electrons. The van der Waals surface area contributed by atoms with Crippen LogP contribution in [-0.2, 0) is 6.61 Å². The van der Waals surface area contributed by atoms with Crippen molar-refractivity contribution in [2.75, 3.05) is 0 Å². The summed E-state index contributed by atoms with van der Waals surface area (Å²) in [5, 5.41) is 10.1. The molecule has 0 saturated carbocycles. The molecule has 1 aromatic carbocycles. The van der Waals surface area contributed by atoms with Gasteiger partial charge in [0.1, 0.15) is 5.03 Å². The number of hydrogen-bond acceptors (Lipinski definition) is 3. The molecular weight excluding hydrogens is 286 g/mol. The average molecular weight is 296 g/mol. The van der Waals surface area contributed by atoms with Crippen LogP contribution >= 0.6 is 27.7 Å². The van der Waals surface area contributed by atoms with Crippen LogP contribution in [0.25, 0.3) is 0 Å². The quantitative estimate of drug-likeness (QED) is 0.941. The van der Waals surface area contributed by atoms with Crippen molar-refractivity contribution in [3.63, 3.8) is 0 Å². The fourth-order valence-electron chi connectivity index (χ4n) is 1.27. The van der Waals surface area contributed by atoms with Crippen LogP contribution in [0, 0.1) is 0 Å². The molecule has 1 heterocycles. The third kappa shape index (κ3) is 2.84. The average Bonchev–Trinajstić information content (AvgIpc) is 2.33. The summed E-state index contributed by atoms with van der Waals surface area (Å²) in [5.74, 6) is 0. The summed E-state index contributed by atoms with van der Waals surface area (Å²) in [7, 11) is 0. The molecule has 0 spiro atoms. The first kappa shape index (κ1) is 11.6. The minimum absolute atomic E-state index is 0.0553. The summed E-state index contributed by atoms with van der Waals surface area (Å²) in [6.45, 7) is 0.0553. The Morgan fingerprint density at radius 2 is 2.00 bits per heavy atom. The summed E-state index contributed by atoms with van der Waals surface area (Å²) in [5.41, 5.74) is 0.928. The summed E-state index contributed by atoms with van der Waals surface area (Å²) < 4.78 is 0.965. The van der Waals surface area contributed by atoms with Crippen molar-refractivity contribution < 1.29 is 5.11 Å². The predicted molar refractivity (Wildman–Crippen MR) is 68.4 cm³/mol. The van der Waals surface area contributed by atoms with Crippen molar-refractivity contribution in [1.82, 2.24) is 4.98 Å². The van der Waals surface area contributed by atoms with E-state index in [1.807, 2.05) is 36.4 Å². The van der Waals surface area contributed by atoms with Crippen molar-refractivity contribution >= 4 is 27.7 Å². The Bertz CT molecular complexity index is 473. The second kappa shape index (κ2) is 5.48. The van der Waals surface area contributed by atoms with E-state index in [4.69, 9.17) is 0 Å². The minimum atomic E-state index is 0.0553. The summed E-state index contributed by atoms with van der Waals surface area (Å²) in [4.78, 5) is 5.32. The number of halogens is 1. The van der Waals surface area contributed by atoms with Crippen molar-refractivity contribution in [2.24, 2.45) is 0 Å². The molecule has 16 heavy (non-hydrogen) atoms. The number of nitrogens with zero attached hydrogens (tertiary/aromatic N) is 1. The van der Waals surface area contributed by atoms with E-state index in [9.17, 15) is 5.11 Å². The zero-order chi connectivity index (χ0) is 11.4. The van der Waals surface area contributed by atoms with E-state index in [1.54, 1.807) is 18.0 Å². The number of aromatic nitrogens is 1. The van der Waals surface area contributed by atoms with Gasteiger partial charge in [-0.05, 0) is 39.7 Å². The lowest BCUT2D eigenvalue weighted by atomic mass is 10.2. The van der Waals surface area contributed by atoms with Crippen LogP contribution in [0.3, 0.4) is 0 Å². The Balaban J connectivity index is 2.23. The van der Waals surface area contributed by atoms with Crippen LogP contribution in [-0.4, -0.2) is 10.1 Å². The molecule has 0 atom stereocenters. The van der Waals surface area contributed by atoms with Gasteiger partial charge in [-0.3, -0.25) is 0 Å². The lowest BCUT2D eigenvalue weighted by Gasteiger charge is -2.05. The van der Waals surface area contributed by atoms with Crippen LogP contribution in [0.4, 0.5) is 0 Å². The largest absolute Gasteiger partial charge is 0.392 e. The van der Waals surface area contributed by atoms with E-state index in [0.29, 0.717) is 0 Å². The van der Waals surface area contributed by atoms with Gasteiger partial charge in [-0.1, -0.05) is 30.0 Å². The van der Waals surface area contributed by atoms with Gasteiger partial charge in [0.25, 0.3) is 0 Å². The van der Waals surface area contributed by atoms with E-state index in [2.05, 4.69) is 20.9 Å². The number of benzene rings is 1. The van der Waals surface area contributed by atoms with Crippen molar-refractivity contribution in [3.05, 3.63) is 52.6 Å². The van der Waals surface area contributed by atoms with Gasteiger partial charge in [0.15, 0.2) is 0 Å². The molecule has 0 saturated heterocycles. The number of aliphatic hydroxyl groups excluding tert-OH is 1. The SMILES string of the molecule is OCc1ccccc1Sc1ccc(Br)cn1. The molecule has 2 nitrogen and oxygen atoms in total. The summed E-state index contributed by atoms with van der Waals surface area (Å²) >= 11 is 4.90. The molecule has 0 unspecified atom stereocenters. The molecule has 0 amide bonds.